The van der Waals surface area contributed by atoms with Crippen LogP contribution in [0, 0.1) is 0 Å². The first-order valence-corrected chi connectivity index (χ1v) is 7.91. The Kier molecular flexibility index (Phi) is 5.62. The van der Waals surface area contributed by atoms with Crippen molar-refractivity contribution in [3.05, 3.63) is 65.7 Å². The predicted octanol–water partition coefficient (Wildman–Crippen LogP) is 4.49. The zero-order valence-electron chi connectivity index (χ0n) is 14.2. The molecule has 0 aliphatic heterocycles. The maximum atomic E-state index is 5.84. The van der Waals surface area contributed by atoms with Gasteiger partial charge in [0.2, 0.25) is 0 Å². The maximum absolute atomic E-state index is 5.84. The van der Waals surface area contributed by atoms with E-state index in [-0.39, 0.29) is 5.41 Å². The van der Waals surface area contributed by atoms with Gasteiger partial charge in [-0.05, 0) is 35.7 Å². The molecule has 0 aliphatic carbocycles. The first kappa shape index (κ1) is 16.6. The monoisotopic (exact) mass is 297 g/mol. The lowest BCUT2D eigenvalue weighted by molar-refractivity contribution is 0.233. The van der Waals surface area contributed by atoms with Crippen LogP contribution in [0.5, 0.6) is 5.75 Å². The van der Waals surface area contributed by atoms with Gasteiger partial charge in [-0.3, -0.25) is 4.90 Å². The van der Waals surface area contributed by atoms with Crippen molar-refractivity contribution < 1.29 is 4.74 Å². The molecule has 0 aromatic heterocycles. The molecule has 0 aliphatic rings. The molecule has 22 heavy (non-hydrogen) atoms. The Morgan fingerprint density at radius 1 is 0.909 bits per heavy atom. The molecule has 0 heterocycles. The SMILES string of the molecule is CN(CCOc1ccc(C(C)(C)C)cc1)Cc1ccccc1. The van der Waals surface area contributed by atoms with Gasteiger partial charge in [0.05, 0.1) is 0 Å². The van der Waals surface area contributed by atoms with E-state index in [2.05, 4.69) is 81.2 Å². The summed E-state index contributed by atoms with van der Waals surface area (Å²) in [6, 6.07) is 19.0. The molecule has 118 valence electrons. The number of likely N-dealkylation sites (N-methyl/N-ethyl adjacent to an activating group) is 1. The van der Waals surface area contributed by atoms with Crippen LogP contribution < -0.4 is 4.74 Å². The lowest BCUT2D eigenvalue weighted by Gasteiger charge is -2.20. The van der Waals surface area contributed by atoms with Crippen LogP contribution in [-0.4, -0.2) is 25.1 Å². The lowest BCUT2D eigenvalue weighted by atomic mass is 9.87. The number of hydrogen-bond donors (Lipinski definition) is 0. The van der Waals surface area contributed by atoms with Gasteiger partial charge in [0.25, 0.3) is 0 Å². The molecule has 0 amide bonds. The van der Waals surface area contributed by atoms with Gasteiger partial charge in [0.1, 0.15) is 12.4 Å². The van der Waals surface area contributed by atoms with Crippen LogP contribution in [0.3, 0.4) is 0 Å². The van der Waals surface area contributed by atoms with E-state index in [0.717, 1.165) is 18.8 Å². The standard InChI is InChI=1S/C20H27NO/c1-20(2,3)18-10-12-19(13-11-18)22-15-14-21(4)16-17-8-6-5-7-9-17/h5-13H,14-16H2,1-4H3. The Labute approximate surface area is 134 Å². The highest BCUT2D eigenvalue weighted by Crippen LogP contribution is 2.24. The molecule has 0 fully saturated rings. The Balaban J connectivity index is 1.76. The number of nitrogens with zero attached hydrogens (tertiary/aromatic N) is 1. The molecule has 0 bridgehead atoms. The minimum atomic E-state index is 0.189. The number of ether oxygens (including phenoxy) is 1. The zero-order valence-corrected chi connectivity index (χ0v) is 14.2. The van der Waals surface area contributed by atoms with E-state index in [0.29, 0.717) is 6.61 Å². The third-order valence-electron chi connectivity index (χ3n) is 3.76. The quantitative estimate of drug-likeness (QED) is 0.778. The average Bonchev–Trinajstić information content (AvgIpc) is 2.48. The topological polar surface area (TPSA) is 12.5 Å². The fourth-order valence-electron chi connectivity index (χ4n) is 2.34. The van der Waals surface area contributed by atoms with Gasteiger partial charge in [-0.15, -0.1) is 0 Å². The molecule has 0 N–H and O–H groups in total. The molecule has 0 atom stereocenters. The molecule has 2 nitrogen and oxygen atoms in total. The third-order valence-corrected chi connectivity index (χ3v) is 3.76. The van der Waals surface area contributed by atoms with E-state index in [1.165, 1.54) is 11.1 Å². The van der Waals surface area contributed by atoms with Crippen LogP contribution in [0.25, 0.3) is 0 Å². The fraction of sp³-hybridized carbons (Fsp3) is 0.400. The van der Waals surface area contributed by atoms with Crippen molar-refractivity contribution in [1.29, 1.82) is 0 Å². The van der Waals surface area contributed by atoms with Crippen LogP contribution in [-0.2, 0) is 12.0 Å². The van der Waals surface area contributed by atoms with Crippen molar-refractivity contribution in [3.8, 4) is 5.75 Å². The molecule has 2 aromatic carbocycles. The highest BCUT2D eigenvalue weighted by molar-refractivity contribution is 5.31. The summed E-state index contributed by atoms with van der Waals surface area (Å²) in [4.78, 5) is 2.28. The number of benzene rings is 2. The van der Waals surface area contributed by atoms with E-state index in [4.69, 9.17) is 4.74 Å². The summed E-state index contributed by atoms with van der Waals surface area (Å²) in [5.74, 6) is 0.945. The molecular formula is C20H27NO. The summed E-state index contributed by atoms with van der Waals surface area (Å²) >= 11 is 0. The second kappa shape index (κ2) is 7.46. The Morgan fingerprint density at radius 2 is 1.55 bits per heavy atom. The highest BCUT2D eigenvalue weighted by Gasteiger charge is 2.12. The van der Waals surface area contributed by atoms with Crippen LogP contribution >= 0.6 is 0 Å². The molecule has 0 spiro atoms. The summed E-state index contributed by atoms with van der Waals surface area (Å²) in [6.07, 6.45) is 0. The van der Waals surface area contributed by atoms with Gasteiger partial charge in [0.15, 0.2) is 0 Å². The largest absolute Gasteiger partial charge is 0.492 e. The van der Waals surface area contributed by atoms with Crippen molar-refractivity contribution in [2.45, 2.75) is 32.7 Å². The van der Waals surface area contributed by atoms with Crippen molar-refractivity contribution in [3.63, 3.8) is 0 Å². The first-order valence-electron chi connectivity index (χ1n) is 7.91. The van der Waals surface area contributed by atoms with Crippen LogP contribution in [0.15, 0.2) is 54.6 Å². The third kappa shape index (κ3) is 5.19. The minimum absolute atomic E-state index is 0.189. The molecule has 0 saturated carbocycles. The zero-order chi connectivity index (χ0) is 16.0. The molecule has 2 aromatic rings. The van der Waals surface area contributed by atoms with Gasteiger partial charge in [0, 0.05) is 13.1 Å². The fourth-order valence-corrected chi connectivity index (χ4v) is 2.34. The van der Waals surface area contributed by atoms with E-state index in [9.17, 15) is 0 Å². The van der Waals surface area contributed by atoms with Gasteiger partial charge in [-0.25, -0.2) is 0 Å². The summed E-state index contributed by atoms with van der Waals surface area (Å²) < 4.78 is 5.84. The van der Waals surface area contributed by atoms with Crippen molar-refractivity contribution in [2.24, 2.45) is 0 Å². The predicted molar refractivity (Wildman–Crippen MR) is 93.4 cm³/mol. The summed E-state index contributed by atoms with van der Waals surface area (Å²) in [5, 5.41) is 0. The van der Waals surface area contributed by atoms with Gasteiger partial charge >= 0.3 is 0 Å². The molecule has 2 rings (SSSR count). The smallest absolute Gasteiger partial charge is 0.119 e. The van der Waals surface area contributed by atoms with Crippen LogP contribution in [0.1, 0.15) is 31.9 Å². The Morgan fingerprint density at radius 3 is 2.14 bits per heavy atom. The van der Waals surface area contributed by atoms with Crippen molar-refractivity contribution in [1.82, 2.24) is 4.90 Å². The first-order chi connectivity index (χ1) is 10.4. The normalized spacial score (nSPS) is 11.7. The van der Waals surface area contributed by atoms with Gasteiger partial charge < -0.3 is 4.74 Å². The summed E-state index contributed by atoms with van der Waals surface area (Å²) in [7, 11) is 2.12. The second-order valence-corrected chi connectivity index (χ2v) is 6.85. The van der Waals surface area contributed by atoms with Gasteiger partial charge in [-0.2, -0.15) is 0 Å². The number of rotatable bonds is 6. The summed E-state index contributed by atoms with van der Waals surface area (Å²) in [6.45, 7) is 9.24. The van der Waals surface area contributed by atoms with Crippen molar-refractivity contribution in [2.75, 3.05) is 20.2 Å². The van der Waals surface area contributed by atoms with Crippen LogP contribution in [0.4, 0.5) is 0 Å². The second-order valence-electron chi connectivity index (χ2n) is 6.85. The highest BCUT2D eigenvalue weighted by atomic mass is 16.5. The number of hydrogen-bond acceptors (Lipinski definition) is 2. The Hall–Kier alpha value is -1.80. The van der Waals surface area contributed by atoms with E-state index in [1.807, 2.05) is 6.07 Å². The minimum Gasteiger partial charge on any atom is -0.492 e. The van der Waals surface area contributed by atoms with E-state index >= 15 is 0 Å². The Bertz CT molecular complexity index is 555. The molecule has 0 saturated heterocycles. The summed E-state index contributed by atoms with van der Waals surface area (Å²) in [5.41, 5.74) is 2.86. The lowest BCUT2D eigenvalue weighted by Crippen LogP contribution is -2.23. The van der Waals surface area contributed by atoms with Gasteiger partial charge in [-0.1, -0.05) is 63.2 Å². The molecule has 0 radical (unpaired) electrons. The average molecular weight is 297 g/mol. The van der Waals surface area contributed by atoms with Crippen LogP contribution in [0.2, 0.25) is 0 Å². The molecule has 0 unspecified atom stereocenters. The van der Waals surface area contributed by atoms with E-state index in [1.54, 1.807) is 0 Å². The van der Waals surface area contributed by atoms with E-state index < -0.39 is 0 Å². The van der Waals surface area contributed by atoms with Crippen molar-refractivity contribution >= 4 is 0 Å². The molecular weight excluding hydrogens is 270 g/mol. The molecule has 2 heteroatoms. The maximum Gasteiger partial charge on any atom is 0.119 e.